The van der Waals surface area contributed by atoms with Crippen LogP contribution in [-0.4, -0.2) is 19.1 Å². The van der Waals surface area contributed by atoms with E-state index in [9.17, 15) is 0 Å². The molecule has 0 radical (unpaired) electrons. The van der Waals surface area contributed by atoms with Gasteiger partial charge in [-0.1, -0.05) is 30.3 Å². The molecule has 3 rings (SSSR count). The van der Waals surface area contributed by atoms with E-state index in [-0.39, 0.29) is 6.04 Å². The van der Waals surface area contributed by atoms with Gasteiger partial charge in [0.2, 0.25) is 0 Å². The van der Waals surface area contributed by atoms with E-state index in [1.54, 1.807) is 0 Å². The summed E-state index contributed by atoms with van der Waals surface area (Å²) in [5.41, 5.74) is 10.8. The topological polar surface area (TPSA) is 42.1 Å². The summed E-state index contributed by atoms with van der Waals surface area (Å²) in [6.07, 6.45) is 1.81. The van der Waals surface area contributed by atoms with Gasteiger partial charge >= 0.3 is 0 Å². The Morgan fingerprint density at radius 1 is 0.952 bits per heavy atom. The zero-order chi connectivity index (χ0) is 14.8. The fraction of sp³-hybridized carbons (Fsp3) is 0.167. The van der Waals surface area contributed by atoms with Crippen LogP contribution in [0.25, 0.3) is 10.9 Å². The van der Waals surface area contributed by atoms with Crippen molar-refractivity contribution in [3.8, 4) is 0 Å². The summed E-state index contributed by atoms with van der Waals surface area (Å²) < 4.78 is 0. The van der Waals surface area contributed by atoms with Gasteiger partial charge in [0.05, 0.1) is 11.6 Å². The molecule has 0 aliphatic rings. The fourth-order valence-electron chi connectivity index (χ4n) is 2.47. The summed E-state index contributed by atoms with van der Waals surface area (Å²) in [5, 5.41) is 1.13. The van der Waals surface area contributed by atoms with E-state index in [1.165, 1.54) is 0 Å². The molecule has 0 bridgehead atoms. The Bertz CT molecular complexity index is 765. The summed E-state index contributed by atoms with van der Waals surface area (Å²) in [5.74, 6) is 0. The van der Waals surface area contributed by atoms with Crippen LogP contribution in [0.5, 0.6) is 0 Å². The molecule has 0 saturated carbocycles. The minimum atomic E-state index is -0.142. The van der Waals surface area contributed by atoms with E-state index in [2.05, 4.69) is 52.3 Å². The third-order valence-corrected chi connectivity index (χ3v) is 3.73. The molecule has 3 nitrogen and oxygen atoms in total. The third kappa shape index (κ3) is 2.73. The third-order valence-electron chi connectivity index (χ3n) is 3.73. The van der Waals surface area contributed by atoms with Gasteiger partial charge in [-0.25, -0.2) is 0 Å². The van der Waals surface area contributed by atoms with Crippen molar-refractivity contribution in [1.29, 1.82) is 0 Å². The molecule has 0 aliphatic heterocycles. The van der Waals surface area contributed by atoms with Gasteiger partial charge in [-0.15, -0.1) is 0 Å². The second kappa shape index (κ2) is 5.54. The van der Waals surface area contributed by atoms with Crippen LogP contribution in [0.2, 0.25) is 0 Å². The number of benzene rings is 2. The van der Waals surface area contributed by atoms with Gasteiger partial charge in [0.1, 0.15) is 0 Å². The lowest BCUT2D eigenvalue weighted by Gasteiger charge is -2.17. The number of nitrogens with zero attached hydrogens (tertiary/aromatic N) is 2. The molecule has 21 heavy (non-hydrogen) atoms. The molecule has 0 saturated heterocycles. The van der Waals surface area contributed by atoms with E-state index < -0.39 is 0 Å². The maximum absolute atomic E-state index is 6.43. The number of hydrogen-bond donors (Lipinski definition) is 1. The summed E-state index contributed by atoms with van der Waals surface area (Å²) >= 11 is 0. The number of pyridine rings is 1. The van der Waals surface area contributed by atoms with Crippen molar-refractivity contribution in [1.82, 2.24) is 4.98 Å². The molecular formula is C18H19N3. The van der Waals surface area contributed by atoms with Gasteiger partial charge in [-0.05, 0) is 35.4 Å². The number of nitrogens with two attached hydrogens (primary N) is 1. The number of anilines is 1. The Morgan fingerprint density at radius 2 is 1.76 bits per heavy atom. The van der Waals surface area contributed by atoms with Crippen LogP contribution in [0, 0.1) is 0 Å². The lowest BCUT2D eigenvalue weighted by molar-refractivity contribution is 0.871. The Labute approximate surface area is 125 Å². The second-order valence-corrected chi connectivity index (χ2v) is 5.42. The highest BCUT2D eigenvalue weighted by molar-refractivity contribution is 5.79. The average molecular weight is 277 g/mol. The molecule has 1 atom stereocenters. The zero-order valence-electron chi connectivity index (χ0n) is 12.3. The Morgan fingerprint density at radius 3 is 2.57 bits per heavy atom. The van der Waals surface area contributed by atoms with Gasteiger partial charge in [-0.2, -0.15) is 0 Å². The highest BCUT2D eigenvalue weighted by Gasteiger charge is 2.10. The quantitative estimate of drug-likeness (QED) is 0.798. The van der Waals surface area contributed by atoms with Crippen LogP contribution in [0.3, 0.4) is 0 Å². The highest BCUT2D eigenvalue weighted by Crippen LogP contribution is 2.25. The van der Waals surface area contributed by atoms with E-state index >= 15 is 0 Å². The van der Waals surface area contributed by atoms with Crippen molar-refractivity contribution in [3.05, 3.63) is 71.9 Å². The fourth-order valence-corrected chi connectivity index (χ4v) is 2.47. The largest absolute Gasteiger partial charge is 0.378 e. The molecule has 106 valence electrons. The predicted molar refractivity (Wildman–Crippen MR) is 88.5 cm³/mol. The number of rotatable bonds is 3. The van der Waals surface area contributed by atoms with Crippen molar-refractivity contribution in [2.45, 2.75) is 6.04 Å². The van der Waals surface area contributed by atoms with Gasteiger partial charge in [0.15, 0.2) is 0 Å². The molecule has 0 amide bonds. The molecule has 0 spiro atoms. The summed E-state index contributed by atoms with van der Waals surface area (Å²) in [4.78, 5) is 6.48. The number of aromatic nitrogens is 1. The summed E-state index contributed by atoms with van der Waals surface area (Å²) in [7, 11) is 4.06. The Balaban J connectivity index is 1.99. The van der Waals surface area contributed by atoms with Crippen LogP contribution in [0.4, 0.5) is 5.69 Å². The van der Waals surface area contributed by atoms with E-state index in [0.29, 0.717) is 0 Å². The van der Waals surface area contributed by atoms with Gasteiger partial charge in [0.25, 0.3) is 0 Å². The molecule has 1 heterocycles. The first-order chi connectivity index (χ1) is 10.1. The Hall–Kier alpha value is -2.39. The van der Waals surface area contributed by atoms with Gasteiger partial charge in [-0.3, -0.25) is 4.98 Å². The number of fused-ring (bicyclic) bond motifs is 1. The lowest BCUT2D eigenvalue weighted by Crippen LogP contribution is -2.14. The summed E-state index contributed by atoms with van der Waals surface area (Å²) in [6.45, 7) is 0. The van der Waals surface area contributed by atoms with Gasteiger partial charge < -0.3 is 10.6 Å². The van der Waals surface area contributed by atoms with Crippen molar-refractivity contribution in [2.24, 2.45) is 5.73 Å². The molecule has 0 aliphatic carbocycles. The van der Waals surface area contributed by atoms with Crippen LogP contribution in [0.1, 0.15) is 17.2 Å². The molecule has 2 aromatic carbocycles. The maximum atomic E-state index is 6.43. The monoisotopic (exact) mass is 277 g/mol. The SMILES string of the molecule is CN(C)c1cccc(C(N)c2ccc3cccnc3c2)c1. The Kier molecular flexibility index (Phi) is 3.59. The van der Waals surface area contributed by atoms with Crippen LogP contribution in [0.15, 0.2) is 60.8 Å². The van der Waals surface area contributed by atoms with Crippen LogP contribution >= 0.6 is 0 Å². The van der Waals surface area contributed by atoms with Crippen molar-refractivity contribution in [3.63, 3.8) is 0 Å². The molecule has 1 aromatic heterocycles. The van der Waals surface area contributed by atoms with Crippen LogP contribution in [-0.2, 0) is 0 Å². The van der Waals surface area contributed by atoms with Crippen molar-refractivity contribution < 1.29 is 0 Å². The van der Waals surface area contributed by atoms with E-state index in [1.807, 2.05) is 32.4 Å². The first-order valence-corrected chi connectivity index (χ1v) is 7.03. The zero-order valence-corrected chi connectivity index (χ0v) is 12.3. The first kappa shape index (κ1) is 13.6. The average Bonchev–Trinajstić information content (AvgIpc) is 2.53. The summed E-state index contributed by atoms with van der Waals surface area (Å²) in [6, 6.07) is 18.4. The highest BCUT2D eigenvalue weighted by atomic mass is 15.1. The molecule has 3 heteroatoms. The van der Waals surface area contributed by atoms with Crippen molar-refractivity contribution in [2.75, 3.05) is 19.0 Å². The standard InChI is InChI=1S/C18H19N3/c1-21(2)16-7-3-5-14(11-16)18(19)15-9-8-13-6-4-10-20-17(13)12-15/h3-12,18H,19H2,1-2H3. The first-order valence-electron chi connectivity index (χ1n) is 7.03. The van der Waals surface area contributed by atoms with E-state index in [0.717, 1.165) is 27.7 Å². The number of hydrogen-bond acceptors (Lipinski definition) is 3. The maximum Gasteiger partial charge on any atom is 0.0705 e. The van der Waals surface area contributed by atoms with Crippen LogP contribution < -0.4 is 10.6 Å². The minimum absolute atomic E-state index is 0.142. The van der Waals surface area contributed by atoms with Gasteiger partial charge in [0, 0.05) is 31.4 Å². The smallest absolute Gasteiger partial charge is 0.0705 e. The second-order valence-electron chi connectivity index (χ2n) is 5.42. The predicted octanol–water partition coefficient (Wildman–Crippen LogP) is 3.35. The van der Waals surface area contributed by atoms with E-state index in [4.69, 9.17) is 5.73 Å². The minimum Gasteiger partial charge on any atom is -0.378 e. The lowest BCUT2D eigenvalue weighted by atomic mass is 9.98. The normalized spacial score (nSPS) is 12.3. The molecule has 2 N–H and O–H groups in total. The molecular weight excluding hydrogens is 258 g/mol. The molecule has 1 unspecified atom stereocenters. The molecule has 0 fully saturated rings. The van der Waals surface area contributed by atoms with Crippen molar-refractivity contribution >= 4 is 16.6 Å². The molecule has 3 aromatic rings.